The van der Waals surface area contributed by atoms with Crippen LogP contribution in [0.15, 0.2) is 6.07 Å². The maximum absolute atomic E-state index is 10.3. The lowest BCUT2D eigenvalue weighted by molar-refractivity contribution is 0.0979. The molecule has 2 atom stereocenters. The minimum absolute atomic E-state index is 0.206. The van der Waals surface area contributed by atoms with Crippen molar-refractivity contribution < 1.29 is 5.11 Å². The monoisotopic (exact) mass is 267 g/mol. The SMILES string of the molecule is CSC(C)Cn1c(C)cc2c1CC(C)(C)CC2O. The lowest BCUT2D eigenvalue weighted by Crippen LogP contribution is -2.27. The van der Waals surface area contributed by atoms with Crippen molar-refractivity contribution in [3.63, 3.8) is 0 Å². The summed E-state index contributed by atoms with van der Waals surface area (Å²) in [6.07, 6.45) is 3.83. The maximum Gasteiger partial charge on any atom is 0.0812 e. The van der Waals surface area contributed by atoms with Crippen molar-refractivity contribution in [3.8, 4) is 0 Å². The second-order valence-electron chi connectivity index (χ2n) is 6.41. The van der Waals surface area contributed by atoms with E-state index in [1.165, 1.54) is 17.0 Å². The Hall–Kier alpha value is -0.410. The molecule has 2 rings (SSSR count). The van der Waals surface area contributed by atoms with E-state index in [9.17, 15) is 5.11 Å². The van der Waals surface area contributed by atoms with E-state index in [1.807, 2.05) is 11.8 Å². The Morgan fingerprint density at radius 1 is 1.56 bits per heavy atom. The third-order valence-corrected chi connectivity index (χ3v) is 5.00. The Kier molecular flexibility index (Phi) is 3.84. The van der Waals surface area contributed by atoms with Crippen LogP contribution in [-0.4, -0.2) is 21.2 Å². The molecule has 1 N–H and O–H groups in total. The first-order valence-electron chi connectivity index (χ1n) is 6.74. The van der Waals surface area contributed by atoms with E-state index in [2.05, 4.69) is 44.6 Å². The van der Waals surface area contributed by atoms with Crippen LogP contribution in [0.1, 0.15) is 50.2 Å². The van der Waals surface area contributed by atoms with Crippen molar-refractivity contribution in [1.29, 1.82) is 0 Å². The lowest BCUT2D eigenvalue weighted by atomic mass is 9.75. The van der Waals surface area contributed by atoms with Crippen LogP contribution in [0.3, 0.4) is 0 Å². The Labute approximate surface area is 115 Å². The van der Waals surface area contributed by atoms with Crippen LogP contribution in [0, 0.1) is 12.3 Å². The molecule has 1 heterocycles. The van der Waals surface area contributed by atoms with Crippen LogP contribution in [0.25, 0.3) is 0 Å². The van der Waals surface area contributed by atoms with Gasteiger partial charge in [0.1, 0.15) is 0 Å². The molecule has 0 fully saturated rings. The van der Waals surface area contributed by atoms with Crippen molar-refractivity contribution in [3.05, 3.63) is 23.0 Å². The van der Waals surface area contributed by atoms with Crippen molar-refractivity contribution in [2.24, 2.45) is 5.41 Å². The van der Waals surface area contributed by atoms with Gasteiger partial charge in [-0.1, -0.05) is 20.8 Å². The highest BCUT2D eigenvalue weighted by atomic mass is 32.2. The highest BCUT2D eigenvalue weighted by Gasteiger charge is 2.34. The molecule has 1 aromatic heterocycles. The van der Waals surface area contributed by atoms with Crippen LogP contribution in [-0.2, 0) is 13.0 Å². The highest BCUT2D eigenvalue weighted by Crippen LogP contribution is 2.42. The smallest absolute Gasteiger partial charge is 0.0812 e. The number of aryl methyl sites for hydroxylation is 1. The third-order valence-electron chi connectivity index (χ3n) is 4.04. The zero-order valence-corrected chi connectivity index (χ0v) is 13.0. The number of hydrogen-bond donors (Lipinski definition) is 1. The summed E-state index contributed by atoms with van der Waals surface area (Å²) < 4.78 is 2.42. The van der Waals surface area contributed by atoms with Crippen molar-refractivity contribution >= 4 is 11.8 Å². The van der Waals surface area contributed by atoms with Gasteiger partial charge in [0.2, 0.25) is 0 Å². The van der Waals surface area contributed by atoms with Crippen LogP contribution in [0.2, 0.25) is 0 Å². The maximum atomic E-state index is 10.3. The van der Waals surface area contributed by atoms with Crippen LogP contribution in [0.5, 0.6) is 0 Å². The van der Waals surface area contributed by atoms with Gasteiger partial charge in [0.15, 0.2) is 0 Å². The minimum atomic E-state index is -0.284. The Morgan fingerprint density at radius 3 is 2.83 bits per heavy atom. The van der Waals surface area contributed by atoms with Crippen molar-refractivity contribution in [2.45, 2.75) is 58.4 Å². The van der Waals surface area contributed by atoms with Crippen LogP contribution < -0.4 is 0 Å². The van der Waals surface area contributed by atoms with Gasteiger partial charge in [0, 0.05) is 28.7 Å². The van der Waals surface area contributed by atoms with E-state index in [4.69, 9.17) is 0 Å². The molecule has 1 aliphatic carbocycles. The Morgan fingerprint density at radius 2 is 2.22 bits per heavy atom. The van der Waals surface area contributed by atoms with E-state index in [0.29, 0.717) is 5.25 Å². The number of fused-ring (bicyclic) bond motifs is 1. The molecular formula is C15H25NOS. The molecule has 0 aromatic carbocycles. The number of aromatic nitrogens is 1. The number of aliphatic hydroxyl groups is 1. The first kappa shape index (κ1) is 14.0. The molecule has 0 amide bonds. The molecule has 0 saturated carbocycles. The molecule has 0 radical (unpaired) electrons. The third kappa shape index (κ3) is 2.62. The standard InChI is InChI=1S/C15H25NOS/c1-10-6-12-13(16(10)9-11(2)18-5)7-15(3,4)8-14(12)17/h6,11,14,17H,7-9H2,1-5H3. The highest BCUT2D eigenvalue weighted by molar-refractivity contribution is 7.99. The van der Waals surface area contributed by atoms with Gasteiger partial charge in [-0.05, 0) is 37.5 Å². The predicted molar refractivity (Wildman–Crippen MR) is 79.2 cm³/mol. The number of thioether (sulfide) groups is 1. The van der Waals surface area contributed by atoms with Gasteiger partial charge in [0.05, 0.1) is 6.10 Å². The van der Waals surface area contributed by atoms with Crippen molar-refractivity contribution in [2.75, 3.05) is 6.26 Å². The van der Waals surface area contributed by atoms with E-state index in [0.717, 1.165) is 19.4 Å². The zero-order valence-electron chi connectivity index (χ0n) is 12.2. The van der Waals surface area contributed by atoms with Gasteiger partial charge in [0.25, 0.3) is 0 Å². The number of rotatable bonds is 3. The molecule has 1 aliphatic rings. The summed E-state index contributed by atoms with van der Waals surface area (Å²) in [5, 5.41) is 10.9. The van der Waals surface area contributed by atoms with E-state index >= 15 is 0 Å². The fourth-order valence-electron chi connectivity index (χ4n) is 2.99. The average Bonchev–Trinajstić information content (AvgIpc) is 2.55. The molecule has 3 heteroatoms. The summed E-state index contributed by atoms with van der Waals surface area (Å²) in [6.45, 7) is 9.98. The minimum Gasteiger partial charge on any atom is -0.388 e. The van der Waals surface area contributed by atoms with E-state index in [1.54, 1.807) is 0 Å². The molecule has 2 nitrogen and oxygen atoms in total. The zero-order chi connectivity index (χ0) is 13.5. The summed E-state index contributed by atoms with van der Waals surface area (Å²) in [5.74, 6) is 0. The predicted octanol–water partition coefficient (Wildman–Crippen LogP) is 3.55. The van der Waals surface area contributed by atoms with Gasteiger partial charge < -0.3 is 9.67 Å². The van der Waals surface area contributed by atoms with Gasteiger partial charge in [-0.15, -0.1) is 0 Å². The molecule has 0 bridgehead atoms. The number of hydrogen-bond acceptors (Lipinski definition) is 2. The molecule has 0 aliphatic heterocycles. The summed E-state index contributed by atoms with van der Waals surface area (Å²) in [7, 11) is 0. The molecule has 1 aromatic rings. The summed E-state index contributed by atoms with van der Waals surface area (Å²) in [4.78, 5) is 0. The van der Waals surface area contributed by atoms with Crippen LogP contribution >= 0.6 is 11.8 Å². The normalized spacial score (nSPS) is 23.8. The van der Waals surface area contributed by atoms with Gasteiger partial charge in [-0.25, -0.2) is 0 Å². The fourth-order valence-corrected chi connectivity index (χ4v) is 3.28. The Balaban J connectivity index is 2.38. The summed E-state index contributed by atoms with van der Waals surface area (Å²) in [6, 6.07) is 2.18. The fraction of sp³-hybridized carbons (Fsp3) is 0.733. The molecule has 2 unspecified atom stereocenters. The largest absolute Gasteiger partial charge is 0.388 e. The first-order valence-corrected chi connectivity index (χ1v) is 8.02. The van der Waals surface area contributed by atoms with Gasteiger partial charge in [-0.2, -0.15) is 11.8 Å². The van der Waals surface area contributed by atoms with Gasteiger partial charge in [-0.3, -0.25) is 0 Å². The summed E-state index contributed by atoms with van der Waals surface area (Å²) in [5.41, 5.74) is 4.02. The van der Waals surface area contributed by atoms with Crippen LogP contribution in [0.4, 0.5) is 0 Å². The quantitative estimate of drug-likeness (QED) is 0.906. The Bertz CT molecular complexity index is 436. The second kappa shape index (κ2) is 4.93. The average molecular weight is 267 g/mol. The van der Waals surface area contributed by atoms with Gasteiger partial charge >= 0.3 is 0 Å². The molecule has 102 valence electrons. The first-order chi connectivity index (χ1) is 8.34. The number of nitrogens with zero attached hydrogens (tertiary/aromatic N) is 1. The van der Waals surface area contributed by atoms with E-state index < -0.39 is 0 Å². The molecule has 0 spiro atoms. The number of aliphatic hydroxyl groups excluding tert-OH is 1. The molecule has 18 heavy (non-hydrogen) atoms. The lowest BCUT2D eigenvalue weighted by Gasteiger charge is -2.34. The topological polar surface area (TPSA) is 25.2 Å². The molecular weight excluding hydrogens is 242 g/mol. The molecule has 0 saturated heterocycles. The summed E-state index contributed by atoms with van der Waals surface area (Å²) >= 11 is 1.90. The second-order valence-corrected chi connectivity index (χ2v) is 7.68. The van der Waals surface area contributed by atoms with E-state index in [-0.39, 0.29) is 11.5 Å². The van der Waals surface area contributed by atoms with Crippen molar-refractivity contribution in [1.82, 2.24) is 4.57 Å².